The standard InChI is InChI=1S/C17H20N2OS/c1-12-17(14-5-3-4-6-16(14)20-12)15(9-18)19(2)10-13-7-8-21-11-13/h3-8,11,15H,9-10,18H2,1-2H3. The summed E-state index contributed by atoms with van der Waals surface area (Å²) in [6.07, 6.45) is 0. The van der Waals surface area contributed by atoms with E-state index in [0.29, 0.717) is 6.54 Å². The molecule has 1 atom stereocenters. The van der Waals surface area contributed by atoms with E-state index in [2.05, 4.69) is 34.8 Å². The third kappa shape index (κ3) is 2.75. The van der Waals surface area contributed by atoms with Crippen molar-refractivity contribution in [1.29, 1.82) is 0 Å². The second kappa shape index (κ2) is 6.02. The average molecular weight is 300 g/mol. The van der Waals surface area contributed by atoms with Gasteiger partial charge in [-0.05, 0) is 42.4 Å². The monoisotopic (exact) mass is 300 g/mol. The lowest BCUT2D eigenvalue weighted by Gasteiger charge is -2.26. The largest absolute Gasteiger partial charge is 0.461 e. The van der Waals surface area contributed by atoms with Gasteiger partial charge in [-0.3, -0.25) is 4.90 Å². The number of furan rings is 1. The van der Waals surface area contributed by atoms with Crippen molar-refractivity contribution in [3.63, 3.8) is 0 Å². The number of fused-ring (bicyclic) bond motifs is 1. The maximum atomic E-state index is 6.07. The third-order valence-corrected chi connectivity index (χ3v) is 4.65. The number of aryl methyl sites for hydroxylation is 1. The van der Waals surface area contributed by atoms with Gasteiger partial charge in [-0.1, -0.05) is 18.2 Å². The Hall–Kier alpha value is -1.62. The Morgan fingerprint density at radius 1 is 1.29 bits per heavy atom. The summed E-state index contributed by atoms with van der Waals surface area (Å²) in [6.45, 7) is 3.49. The van der Waals surface area contributed by atoms with E-state index in [1.54, 1.807) is 11.3 Å². The van der Waals surface area contributed by atoms with Gasteiger partial charge in [0.05, 0.1) is 6.04 Å². The molecule has 2 aromatic heterocycles. The number of nitrogens with two attached hydrogens (primary N) is 1. The van der Waals surface area contributed by atoms with Gasteiger partial charge in [0.25, 0.3) is 0 Å². The summed E-state index contributed by atoms with van der Waals surface area (Å²) in [5, 5.41) is 5.46. The lowest BCUT2D eigenvalue weighted by molar-refractivity contribution is 0.241. The van der Waals surface area contributed by atoms with Crippen LogP contribution in [0.2, 0.25) is 0 Å². The molecular formula is C17H20N2OS. The summed E-state index contributed by atoms with van der Waals surface area (Å²) < 4.78 is 5.89. The Labute approximate surface area is 129 Å². The molecule has 3 nitrogen and oxygen atoms in total. The van der Waals surface area contributed by atoms with Crippen molar-refractivity contribution >= 4 is 22.3 Å². The van der Waals surface area contributed by atoms with E-state index in [0.717, 1.165) is 17.9 Å². The number of nitrogens with zero attached hydrogens (tertiary/aromatic N) is 1. The van der Waals surface area contributed by atoms with E-state index in [9.17, 15) is 0 Å². The molecular weight excluding hydrogens is 280 g/mol. The highest BCUT2D eigenvalue weighted by Gasteiger charge is 2.23. The van der Waals surface area contributed by atoms with Gasteiger partial charge in [0.15, 0.2) is 0 Å². The van der Waals surface area contributed by atoms with Gasteiger partial charge in [-0.2, -0.15) is 11.3 Å². The summed E-state index contributed by atoms with van der Waals surface area (Å²) in [5.74, 6) is 0.962. The first kappa shape index (κ1) is 14.3. The molecule has 0 aliphatic rings. The highest BCUT2D eigenvalue weighted by Crippen LogP contribution is 2.33. The van der Waals surface area contributed by atoms with Crippen LogP contribution in [0.5, 0.6) is 0 Å². The molecule has 1 aromatic carbocycles. The molecule has 2 heterocycles. The number of rotatable bonds is 5. The van der Waals surface area contributed by atoms with Crippen molar-refractivity contribution in [1.82, 2.24) is 4.90 Å². The van der Waals surface area contributed by atoms with Crippen LogP contribution < -0.4 is 5.73 Å². The molecule has 3 rings (SSSR count). The summed E-state index contributed by atoms with van der Waals surface area (Å²) >= 11 is 1.73. The zero-order valence-corrected chi connectivity index (χ0v) is 13.2. The molecule has 110 valence electrons. The predicted molar refractivity (Wildman–Crippen MR) is 88.5 cm³/mol. The van der Waals surface area contributed by atoms with Crippen LogP contribution in [0.25, 0.3) is 11.0 Å². The maximum Gasteiger partial charge on any atom is 0.134 e. The molecule has 21 heavy (non-hydrogen) atoms. The summed E-state index contributed by atoms with van der Waals surface area (Å²) in [6, 6.07) is 10.5. The molecule has 0 radical (unpaired) electrons. The zero-order valence-electron chi connectivity index (χ0n) is 12.4. The normalized spacial score (nSPS) is 13.1. The van der Waals surface area contributed by atoms with Crippen LogP contribution in [0.3, 0.4) is 0 Å². The van der Waals surface area contributed by atoms with Crippen LogP contribution in [-0.4, -0.2) is 18.5 Å². The van der Waals surface area contributed by atoms with E-state index in [1.165, 1.54) is 16.5 Å². The van der Waals surface area contributed by atoms with E-state index >= 15 is 0 Å². The number of likely N-dealkylation sites (N-methyl/N-ethyl adjacent to an activating group) is 1. The summed E-state index contributed by atoms with van der Waals surface area (Å²) in [7, 11) is 2.12. The molecule has 3 aromatic rings. The third-order valence-electron chi connectivity index (χ3n) is 3.92. The van der Waals surface area contributed by atoms with Gasteiger partial charge >= 0.3 is 0 Å². The molecule has 4 heteroatoms. The molecule has 0 saturated carbocycles. The van der Waals surface area contributed by atoms with Crippen LogP contribution in [0.15, 0.2) is 45.5 Å². The molecule has 0 aliphatic carbocycles. The van der Waals surface area contributed by atoms with Crippen molar-refractivity contribution in [3.05, 3.63) is 58.0 Å². The minimum Gasteiger partial charge on any atom is -0.461 e. The Bertz CT molecular complexity index is 718. The topological polar surface area (TPSA) is 42.4 Å². The highest BCUT2D eigenvalue weighted by molar-refractivity contribution is 7.07. The van der Waals surface area contributed by atoms with Gasteiger partial charge in [0, 0.05) is 24.0 Å². The number of hydrogen-bond acceptors (Lipinski definition) is 4. The van der Waals surface area contributed by atoms with Crippen LogP contribution in [0.4, 0.5) is 0 Å². The number of thiophene rings is 1. The minimum atomic E-state index is 0.161. The van der Waals surface area contributed by atoms with Gasteiger partial charge in [-0.25, -0.2) is 0 Å². The molecule has 0 amide bonds. The minimum absolute atomic E-state index is 0.161. The van der Waals surface area contributed by atoms with Crippen molar-refractivity contribution < 1.29 is 4.42 Å². The average Bonchev–Trinajstić information content (AvgIpc) is 3.08. The smallest absolute Gasteiger partial charge is 0.134 e. The predicted octanol–water partition coefficient (Wildman–Crippen LogP) is 3.93. The summed E-state index contributed by atoms with van der Waals surface area (Å²) in [4.78, 5) is 2.30. The fourth-order valence-corrected chi connectivity index (χ4v) is 3.56. The zero-order chi connectivity index (χ0) is 14.8. The Kier molecular flexibility index (Phi) is 4.10. The second-order valence-corrected chi connectivity index (χ2v) is 6.15. The van der Waals surface area contributed by atoms with Gasteiger partial charge < -0.3 is 10.2 Å². The van der Waals surface area contributed by atoms with Crippen LogP contribution >= 0.6 is 11.3 Å². The highest BCUT2D eigenvalue weighted by atomic mass is 32.1. The van der Waals surface area contributed by atoms with Gasteiger partial charge in [-0.15, -0.1) is 0 Å². The Morgan fingerprint density at radius 2 is 2.10 bits per heavy atom. The number of benzene rings is 1. The van der Waals surface area contributed by atoms with Crippen LogP contribution in [0, 0.1) is 6.92 Å². The van der Waals surface area contributed by atoms with Crippen LogP contribution in [-0.2, 0) is 6.54 Å². The summed E-state index contributed by atoms with van der Waals surface area (Å²) in [5.41, 5.74) is 9.55. The van der Waals surface area contributed by atoms with Crippen molar-refractivity contribution in [2.24, 2.45) is 5.73 Å². The first-order valence-electron chi connectivity index (χ1n) is 7.10. The molecule has 1 unspecified atom stereocenters. The van der Waals surface area contributed by atoms with E-state index in [-0.39, 0.29) is 6.04 Å². The first-order chi connectivity index (χ1) is 10.2. The van der Waals surface area contributed by atoms with E-state index < -0.39 is 0 Å². The molecule has 0 saturated heterocycles. The Balaban J connectivity index is 1.96. The molecule has 0 fully saturated rings. The van der Waals surface area contributed by atoms with Crippen molar-refractivity contribution in [2.45, 2.75) is 19.5 Å². The fraction of sp³-hybridized carbons (Fsp3) is 0.294. The second-order valence-electron chi connectivity index (χ2n) is 5.37. The molecule has 0 spiro atoms. The number of hydrogen-bond donors (Lipinski definition) is 1. The maximum absolute atomic E-state index is 6.07. The van der Waals surface area contributed by atoms with Gasteiger partial charge in [0.1, 0.15) is 11.3 Å². The SMILES string of the molecule is Cc1oc2ccccc2c1C(CN)N(C)Cc1ccsc1. The van der Waals surface area contributed by atoms with Crippen molar-refractivity contribution in [2.75, 3.05) is 13.6 Å². The van der Waals surface area contributed by atoms with E-state index in [4.69, 9.17) is 10.2 Å². The van der Waals surface area contributed by atoms with Gasteiger partial charge in [0.2, 0.25) is 0 Å². The molecule has 0 bridgehead atoms. The van der Waals surface area contributed by atoms with E-state index in [1.807, 2.05) is 25.1 Å². The number of para-hydroxylation sites is 1. The first-order valence-corrected chi connectivity index (χ1v) is 8.04. The Morgan fingerprint density at radius 3 is 2.81 bits per heavy atom. The van der Waals surface area contributed by atoms with Crippen molar-refractivity contribution in [3.8, 4) is 0 Å². The molecule has 0 aliphatic heterocycles. The lowest BCUT2D eigenvalue weighted by Crippen LogP contribution is -2.30. The van der Waals surface area contributed by atoms with Crippen LogP contribution in [0.1, 0.15) is 22.9 Å². The molecule has 2 N–H and O–H groups in total. The lowest BCUT2D eigenvalue weighted by atomic mass is 10.0. The fourth-order valence-electron chi connectivity index (χ4n) is 2.90. The quantitative estimate of drug-likeness (QED) is 0.776.